The molecule has 0 spiro atoms. The summed E-state index contributed by atoms with van der Waals surface area (Å²) >= 11 is 0. The second-order valence-corrected chi connectivity index (χ2v) is 6.00. The molecule has 4 N–H and O–H groups in total. The third kappa shape index (κ3) is 9.60. The van der Waals surface area contributed by atoms with Gasteiger partial charge in [-0.3, -0.25) is 4.79 Å². The topological polar surface area (TPSA) is 82.3 Å². The minimum absolute atomic E-state index is 0.0447. The summed E-state index contributed by atoms with van der Waals surface area (Å²) < 4.78 is 0. The van der Waals surface area contributed by atoms with Crippen molar-refractivity contribution < 1.29 is 9.59 Å². The van der Waals surface area contributed by atoms with Gasteiger partial charge in [0.25, 0.3) is 0 Å². The maximum atomic E-state index is 11.7. The predicted molar refractivity (Wildman–Crippen MR) is 88.8 cm³/mol. The molecule has 1 aliphatic carbocycles. The molecule has 22 heavy (non-hydrogen) atoms. The molecule has 1 rings (SSSR count). The third-order valence-corrected chi connectivity index (χ3v) is 4.00. The first-order valence-electron chi connectivity index (χ1n) is 8.68. The normalized spacial score (nSPS) is 15.3. The van der Waals surface area contributed by atoms with Crippen molar-refractivity contribution in [3.05, 3.63) is 0 Å². The van der Waals surface area contributed by atoms with E-state index in [1.165, 1.54) is 19.3 Å². The molecule has 0 unspecified atom stereocenters. The lowest BCUT2D eigenvalue weighted by Crippen LogP contribution is -2.43. The summed E-state index contributed by atoms with van der Waals surface area (Å²) in [5.74, 6) is 0.109. The standard InChI is InChI=1S/C16H32N4O2/c1-17-12-13-18-15(21)10-6-3-7-11-19-16(22)20-14-8-4-2-5-9-14/h14,17H,2-13H2,1H3,(H,18,21)(H2,19,20,22). The lowest BCUT2D eigenvalue weighted by molar-refractivity contribution is -0.121. The van der Waals surface area contributed by atoms with Crippen LogP contribution in [0.15, 0.2) is 0 Å². The molecule has 0 radical (unpaired) electrons. The van der Waals surface area contributed by atoms with Crippen LogP contribution < -0.4 is 21.3 Å². The van der Waals surface area contributed by atoms with Gasteiger partial charge in [-0.1, -0.05) is 25.7 Å². The van der Waals surface area contributed by atoms with E-state index in [-0.39, 0.29) is 11.9 Å². The molecular formula is C16H32N4O2. The van der Waals surface area contributed by atoms with Gasteiger partial charge in [0.1, 0.15) is 0 Å². The maximum absolute atomic E-state index is 11.7. The van der Waals surface area contributed by atoms with Crippen molar-refractivity contribution in [1.29, 1.82) is 0 Å². The molecule has 128 valence electrons. The molecule has 6 nitrogen and oxygen atoms in total. The number of likely N-dealkylation sites (N-methyl/N-ethyl adjacent to an activating group) is 1. The van der Waals surface area contributed by atoms with Gasteiger partial charge in [-0.25, -0.2) is 4.79 Å². The Labute approximate surface area is 134 Å². The number of carbonyl (C=O) groups excluding carboxylic acids is 2. The van der Waals surface area contributed by atoms with Gasteiger partial charge < -0.3 is 21.3 Å². The number of amides is 3. The van der Waals surface area contributed by atoms with Crippen LogP contribution in [0.5, 0.6) is 0 Å². The average molecular weight is 312 g/mol. The molecule has 0 atom stereocenters. The maximum Gasteiger partial charge on any atom is 0.315 e. The van der Waals surface area contributed by atoms with Gasteiger partial charge in [-0.2, -0.15) is 0 Å². The highest BCUT2D eigenvalue weighted by Crippen LogP contribution is 2.17. The highest BCUT2D eigenvalue weighted by Gasteiger charge is 2.14. The Balaban J connectivity index is 1.89. The van der Waals surface area contributed by atoms with Crippen molar-refractivity contribution in [3.8, 4) is 0 Å². The molecule has 6 heteroatoms. The number of urea groups is 1. The first-order valence-corrected chi connectivity index (χ1v) is 8.68. The highest BCUT2D eigenvalue weighted by molar-refractivity contribution is 5.75. The molecule has 1 aliphatic rings. The summed E-state index contributed by atoms with van der Waals surface area (Å²) in [5.41, 5.74) is 0. The number of hydrogen-bond acceptors (Lipinski definition) is 3. The van der Waals surface area contributed by atoms with E-state index < -0.39 is 0 Å². The number of unbranched alkanes of at least 4 members (excludes halogenated alkanes) is 2. The lowest BCUT2D eigenvalue weighted by atomic mass is 9.96. The van der Waals surface area contributed by atoms with Gasteiger partial charge in [0.05, 0.1) is 0 Å². The predicted octanol–water partition coefficient (Wildman–Crippen LogP) is 1.51. The molecular weight excluding hydrogens is 280 g/mol. The zero-order chi connectivity index (χ0) is 16.0. The lowest BCUT2D eigenvalue weighted by Gasteiger charge is -2.22. The molecule has 0 saturated heterocycles. The summed E-state index contributed by atoms with van der Waals surface area (Å²) in [6.07, 6.45) is 9.28. The van der Waals surface area contributed by atoms with Crippen LogP contribution in [0.25, 0.3) is 0 Å². The van der Waals surface area contributed by atoms with Crippen LogP contribution in [0.1, 0.15) is 57.8 Å². The van der Waals surface area contributed by atoms with Gasteiger partial charge in [0.2, 0.25) is 5.91 Å². The Bertz CT molecular complexity index is 317. The molecule has 0 aromatic heterocycles. The second-order valence-electron chi connectivity index (χ2n) is 6.00. The van der Waals surface area contributed by atoms with Crippen LogP contribution in [0, 0.1) is 0 Å². The highest BCUT2D eigenvalue weighted by atomic mass is 16.2. The average Bonchev–Trinajstić information content (AvgIpc) is 2.52. The van der Waals surface area contributed by atoms with E-state index in [1.54, 1.807) is 0 Å². The summed E-state index contributed by atoms with van der Waals surface area (Å²) in [6.45, 7) is 2.16. The first kappa shape index (κ1) is 18.7. The summed E-state index contributed by atoms with van der Waals surface area (Å²) in [7, 11) is 1.86. The monoisotopic (exact) mass is 312 g/mol. The SMILES string of the molecule is CNCCNC(=O)CCCCCNC(=O)NC1CCCCC1. The molecule has 0 aromatic carbocycles. The van der Waals surface area contributed by atoms with Crippen LogP contribution in [-0.4, -0.2) is 44.7 Å². The molecule has 1 fully saturated rings. The van der Waals surface area contributed by atoms with Gasteiger partial charge in [-0.05, 0) is 32.7 Å². The number of rotatable bonds is 10. The van der Waals surface area contributed by atoms with E-state index >= 15 is 0 Å². The Hall–Kier alpha value is -1.30. The van der Waals surface area contributed by atoms with Crippen LogP contribution in [0.2, 0.25) is 0 Å². The smallest absolute Gasteiger partial charge is 0.315 e. The van der Waals surface area contributed by atoms with E-state index in [2.05, 4.69) is 21.3 Å². The summed E-state index contributed by atoms with van der Waals surface area (Å²) in [6, 6.07) is 0.312. The fourth-order valence-electron chi connectivity index (χ4n) is 2.69. The fraction of sp³-hybridized carbons (Fsp3) is 0.875. The molecule has 0 heterocycles. The number of nitrogens with one attached hydrogen (secondary N) is 4. The Morgan fingerprint density at radius 2 is 1.68 bits per heavy atom. The van der Waals surface area contributed by atoms with Crippen molar-refractivity contribution in [3.63, 3.8) is 0 Å². The quantitative estimate of drug-likeness (QED) is 0.462. The fourth-order valence-corrected chi connectivity index (χ4v) is 2.69. The van der Waals surface area contributed by atoms with Crippen molar-refractivity contribution in [2.24, 2.45) is 0 Å². The van der Waals surface area contributed by atoms with E-state index in [0.717, 1.165) is 38.6 Å². The van der Waals surface area contributed by atoms with Gasteiger partial charge >= 0.3 is 6.03 Å². The van der Waals surface area contributed by atoms with Crippen LogP contribution in [0.3, 0.4) is 0 Å². The summed E-state index contributed by atoms with van der Waals surface area (Å²) in [4.78, 5) is 23.2. The van der Waals surface area contributed by atoms with Gasteiger partial charge in [0.15, 0.2) is 0 Å². The minimum atomic E-state index is -0.0447. The van der Waals surface area contributed by atoms with Crippen molar-refractivity contribution in [2.45, 2.75) is 63.8 Å². The van der Waals surface area contributed by atoms with E-state index in [0.29, 0.717) is 25.6 Å². The van der Waals surface area contributed by atoms with E-state index in [9.17, 15) is 9.59 Å². The van der Waals surface area contributed by atoms with Crippen molar-refractivity contribution in [2.75, 3.05) is 26.7 Å². The first-order chi connectivity index (χ1) is 10.7. The van der Waals surface area contributed by atoms with Gasteiger partial charge in [0, 0.05) is 32.1 Å². The Morgan fingerprint density at radius 1 is 0.909 bits per heavy atom. The summed E-state index contributed by atoms with van der Waals surface area (Å²) in [5, 5.41) is 11.8. The van der Waals surface area contributed by atoms with E-state index in [1.807, 2.05) is 7.05 Å². The van der Waals surface area contributed by atoms with Crippen LogP contribution >= 0.6 is 0 Å². The minimum Gasteiger partial charge on any atom is -0.355 e. The Morgan fingerprint density at radius 3 is 2.41 bits per heavy atom. The molecule has 0 aromatic rings. The third-order valence-electron chi connectivity index (χ3n) is 4.00. The van der Waals surface area contributed by atoms with Crippen molar-refractivity contribution in [1.82, 2.24) is 21.3 Å². The van der Waals surface area contributed by atoms with E-state index in [4.69, 9.17) is 0 Å². The van der Waals surface area contributed by atoms with Crippen molar-refractivity contribution >= 4 is 11.9 Å². The largest absolute Gasteiger partial charge is 0.355 e. The molecule has 1 saturated carbocycles. The number of carbonyl (C=O) groups is 2. The second kappa shape index (κ2) is 12.3. The zero-order valence-electron chi connectivity index (χ0n) is 13.9. The molecule has 3 amide bonds. The Kier molecular flexibility index (Phi) is 10.5. The van der Waals surface area contributed by atoms with Gasteiger partial charge in [-0.15, -0.1) is 0 Å². The number of hydrogen-bond donors (Lipinski definition) is 4. The zero-order valence-corrected chi connectivity index (χ0v) is 13.9. The molecule has 0 bridgehead atoms. The van der Waals surface area contributed by atoms with Crippen LogP contribution in [-0.2, 0) is 4.79 Å². The van der Waals surface area contributed by atoms with Crippen LogP contribution in [0.4, 0.5) is 4.79 Å². The molecule has 0 aliphatic heterocycles.